The zero-order chi connectivity index (χ0) is 14.1. The molecule has 0 radical (unpaired) electrons. The second-order valence-electron chi connectivity index (χ2n) is 5.05. The molecule has 1 aromatic carbocycles. The van der Waals surface area contributed by atoms with E-state index >= 15 is 0 Å². The molecule has 0 bridgehead atoms. The summed E-state index contributed by atoms with van der Waals surface area (Å²) in [5, 5.41) is 0.698. The van der Waals surface area contributed by atoms with Gasteiger partial charge in [0.2, 0.25) is 0 Å². The fourth-order valence-electron chi connectivity index (χ4n) is 2.83. The van der Waals surface area contributed by atoms with Crippen molar-refractivity contribution in [2.24, 2.45) is 0 Å². The van der Waals surface area contributed by atoms with E-state index in [1.807, 2.05) is 18.2 Å². The van der Waals surface area contributed by atoms with Gasteiger partial charge in [-0.3, -0.25) is 4.21 Å². The third kappa shape index (κ3) is 2.74. The fraction of sp³-hybridized carbons (Fsp3) is 0.500. The minimum Gasteiger partial charge on any atom is -0.325 e. The first-order chi connectivity index (χ1) is 9.69. The second-order valence-corrected chi connectivity index (χ2v) is 7.56. The quantitative estimate of drug-likeness (QED) is 0.806. The Morgan fingerprint density at radius 2 is 2.10 bits per heavy atom. The van der Waals surface area contributed by atoms with Gasteiger partial charge >= 0.3 is 0 Å². The molecule has 1 fully saturated rings. The number of hydrogen-bond donors (Lipinski definition) is 0. The average Bonchev–Trinajstić information content (AvgIpc) is 2.77. The number of rotatable bonds is 3. The molecule has 1 saturated heterocycles. The summed E-state index contributed by atoms with van der Waals surface area (Å²) in [6.07, 6.45) is 2.62. The summed E-state index contributed by atoms with van der Waals surface area (Å²) in [5.74, 6) is 3.11. The van der Waals surface area contributed by atoms with E-state index < -0.39 is 10.8 Å². The zero-order valence-electron chi connectivity index (χ0n) is 11.0. The molecular formula is C14H16Cl2N2OS. The van der Waals surface area contributed by atoms with Crippen LogP contribution in [-0.4, -0.2) is 31.1 Å². The lowest BCUT2D eigenvalue weighted by atomic mass is 10.1. The van der Waals surface area contributed by atoms with E-state index in [0.29, 0.717) is 16.9 Å². The predicted molar refractivity (Wildman–Crippen MR) is 85.3 cm³/mol. The molecule has 0 spiro atoms. The van der Waals surface area contributed by atoms with Gasteiger partial charge in [0.05, 0.1) is 11.0 Å². The lowest BCUT2D eigenvalue weighted by Crippen LogP contribution is -2.23. The molecule has 20 heavy (non-hydrogen) atoms. The Labute approximate surface area is 130 Å². The molecule has 0 aliphatic carbocycles. The highest BCUT2D eigenvalue weighted by molar-refractivity contribution is 7.85. The average molecular weight is 331 g/mol. The molecule has 1 aliphatic heterocycles. The summed E-state index contributed by atoms with van der Waals surface area (Å²) in [6.45, 7) is 0. The summed E-state index contributed by atoms with van der Waals surface area (Å²) in [7, 11) is -0.651. The summed E-state index contributed by atoms with van der Waals surface area (Å²) in [5.41, 5.74) is 2.02. The van der Waals surface area contributed by atoms with Crippen LogP contribution in [0, 0.1) is 0 Å². The van der Waals surface area contributed by atoms with Gasteiger partial charge in [0, 0.05) is 45.7 Å². The normalized spacial score (nSPS) is 23.3. The van der Waals surface area contributed by atoms with E-state index in [0.717, 1.165) is 47.6 Å². The van der Waals surface area contributed by atoms with Crippen LogP contribution in [0.2, 0.25) is 5.02 Å². The first-order valence-electron chi connectivity index (χ1n) is 6.76. The third-order valence-corrected chi connectivity index (χ3v) is 5.57. The van der Waals surface area contributed by atoms with Crippen LogP contribution >= 0.6 is 23.2 Å². The van der Waals surface area contributed by atoms with E-state index in [4.69, 9.17) is 23.2 Å². The molecule has 1 aromatic heterocycles. The first-order valence-corrected chi connectivity index (χ1v) is 9.16. The van der Waals surface area contributed by atoms with Crippen LogP contribution < -0.4 is 0 Å². The molecule has 0 atom stereocenters. The Balaban J connectivity index is 2.06. The van der Waals surface area contributed by atoms with Gasteiger partial charge in [-0.05, 0) is 31.0 Å². The van der Waals surface area contributed by atoms with Gasteiger partial charge in [-0.2, -0.15) is 0 Å². The van der Waals surface area contributed by atoms with E-state index in [2.05, 4.69) is 9.55 Å². The number of halogens is 2. The van der Waals surface area contributed by atoms with Gasteiger partial charge in [-0.25, -0.2) is 4.98 Å². The third-order valence-electron chi connectivity index (χ3n) is 3.77. The van der Waals surface area contributed by atoms with Crippen LogP contribution in [-0.2, 0) is 17.2 Å². The van der Waals surface area contributed by atoms with Crippen LogP contribution in [0.3, 0.4) is 0 Å². The van der Waals surface area contributed by atoms with Crippen molar-refractivity contribution in [2.45, 2.75) is 25.3 Å². The van der Waals surface area contributed by atoms with Crippen LogP contribution in [0.5, 0.6) is 0 Å². The maximum absolute atomic E-state index is 11.5. The van der Waals surface area contributed by atoms with Crippen molar-refractivity contribution in [1.29, 1.82) is 0 Å². The maximum Gasteiger partial charge on any atom is 0.111 e. The highest BCUT2D eigenvalue weighted by atomic mass is 35.5. The molecule has 2 heterocycles. The monoisotopic (exact) mass is 330 g/mol. The van der Waals surface area contributed by atoms with Gasteiger partial charge in [0.1, 0.15) is 5.82 Å². The molecule has 2 aromatic rings. The minimum absolute atomic E-state index is 0.372. The number of alkyl halides is 1. The Morgan fingerprint density at radius 3 is 2.80 bits per heavy atom. The van der Waals surface area contributed by atoms with Crippen molar-refractivity contribution >= 4 is 45.0 Å². The zero-order valence-corrected chi connectivity index (χ0v) is 13.3. The van der Waals surface area contributed by atoms with Crippen molar-refractivity contribution in [3.63, 3.8) is 0 Å². The Morgan fingerprint density at radius 1 is 1.35 bits per heavy atom. The van der Waals surface area contributed by atoms with Gasteiger partial charge in [0.25, 0.3) is 0 Å². The van der Waals surface area contributed by atoms with Gasteiger partial charge < -0.3 is 4.57 Å². The maximum atomic E-state index is 11.5. The number of aryl methyl sites for hydroxylation is 1. The van der Waals surface area contributed by atoms with Gasteiger partial charge in [-0.1, -0.05) is 11.6 Å². The lowest BCUT2D eigenvalue weighted by molar-refractivity contribution is 0.459. The summed E-state index contributed by atoms with van der Waals surface area (Å²) in [6, 6.07) is 6.19. The van der Waals surface area contributed by atoms with Crippen molar-refractivity contribution in [3.8, 4) is 0 Å². The highest BCUT2D eigenvalue weighted by Gasteiger charge is 2.23. The molecule has 6 heteroatoms. The summed E-state index contributed by atoms with van der Waals surface area (Å²) >= 11 is 11.9. The predicted octanol–water partition coefficient (Wildman–Crippen LogP) is 3.55. The lowest BCUT2D eigenvalue weighted by Gasteiger charge is -2.25. The molecule has 0 saturated carbocycles. The number of aromatic nitrogens is 2. The van der Waals surface area contributed by atoms with E-state index in [-0.39, 0.29) is 0 Å². The SMILES string of the molecule is O=S1CCC(n2c(CCCl)nc3cc(Cl)ccc32)CC1. The number of imidazole rings is 1. The standard InChI is InChI=1S/C14H16Cl2N2OS/c15-6-3-14-17-12-9-10(16)1-2-13(12)18(14)11-4-7-20(19)8-5-11/h1-2,9,11H,3-8H2. The molecule has 108 valence electrons. The van der Waals surface area contributed by atoms with E-state index in [1.165, 1.54) is 0 Å². The van der Waals surface area contributed by atoms with E-state index in [9.17, 15) is 4.21 Å². The van der Waals surface area contributed by atoms with Crippen LogP contribution in [0.1, 0.15) is 24.7 Å². The molecule has 0 unspecified atom stereocenters. The molecule has 0 N–H and O–H groups in total. The largest absolute Gasteiger partial charge is 0.325 e. The Hall–Kier alpha value is -0.580. The molecule has 3 rings (SSSR count). The van der Waals surface area contributed by atoms with Crippen LogP contribution in [0.15, 0.2) is 18.2 Å². The smallest absolute Gasteiger partial charge is 0.111 e. The molecule has 0 amide bonds. The van der Waals surface area contributed by atoms with Crippen molar-refractivity contribution < 1.29 is 4.21 Å². The summed E-state index contributed by atoms with van der Waals surface area (Å²) < 4.78 is 13.8. The molecule has 3 nitrogen and oxygen atoms in total. The molecular weight excluding hydrogens is 315 g/mol. The van der Waals surface area contributed by atoms with Crippen molar-refractivity contribution in [2.75, 3.05) is 17.4 Å². The van der Waals surface area contributed by atoms with Gasteiger partial charge in [-0.15, -0.1) is 11.6 Å². The minimum atomic E-state index is -0.651. The highest BCUT2D eigenvalue weighted by Crippen LogP contribution is 2.30. The topological polar surface area (TPSA) is 34.9 Å². The number of fused-ring (bicyclic) bond motifs is 1. The Kier molecular flexibility index (Phi) is 4.34. The second kappa shape index (κ2) is 6.04. The first kappa shape index (κ1) is 14.4. The number of hydrogen-bond acceptors (Lipinski definition) is 2. The van der Waals surface area contributed by atoms with Crippen LogP contribution in [0.4, 0.5) is 0 Å². The molecule has 1 aliphatic rings. The fourth-order valence-corrected chi connectivity index (χ4v) is 4.44. The number of benzene rings is 1. The van der Waals surface area contributed by atoms with Gasteiger partial charge in [0.15, 0.2) is 0 Å². The van der Waals surface area contributed by atoms with Crippen molar-refractivity contribution in [3.05, 3.63) is 29.0 Å². The van der Waals surface area contributed by atoms with E-state index in [1.54, 1.807) is 0 Å². The Bertz CT molecular complexity index is 646. The van der Waals surface area contributed by atoms with Crippen molar-refractivity contribution in [1.82, 2.24) is 9.55 Å². The van der Waals surface area contributed by atoms with Crippen LogP contribution in [0.25, 0.3) is 11.0 Å². The number of nitrogens with zero attached hydrogens (tertiary/aromatic N) is 2. The summed E-state index contributed by atoms with van der Waals surface area (Å²) in [4.78, 5) is 4.68.